The Kier molecular flexibility index (Phi) is 5.17. The molecule has 0 radical (unpaired) electrons. The molecule has 4 rings (SSSR count). The lowest BCUT2D eigenvalue weighted by molar-refractivity contribution is 0.0917. The zero-order valence-electron chi connectivity index (χ0n) is 15.4. The minimum atomic E-state index is -0.0444. The van der Waals surface area contributed by atoms with Crippen LogP contribution in [0.2, 0.25) is 5.02 Å². The van der Waals surface area contributed by atoms with Crippen LogP contribution in [-0.2, 0) is 4.74 Å². The first-order valence-corrected chi connectivity index (χ1v) is 10.3. The Hall–Kier alpha value is -1.95. The van der Waals surface area contributed by atoms with Gasteiger partial charge in [-0.15, -0.1) is 0 Å². The molecule has 0 N–H and O–H groups in total. The summed E-state index contributed by atoms with van der Waals surface area (Å²) in [5.74, 6) is -0.0444. The number of fused-ring (bicyclic) bond motifs is 1. The molecule has 1 aliphatic heterocycles. The molecule has 1 amide bonds. The van der Waals surface area contributed by atoms with Crippen LogP contribution in [0.5, 0.6) is 0 Å². The third-order valence-corrected chi connectivity index (χ3v) is 6.34. The van der Waals surface area contributed by atoms with Gasteiger partial charge in [-0.2, -0.15) is 0 Å². The Balaban J connectivity index is 1.75. The SMILES string of the molecule is Cc1cccc(C(=O)N(CC2CCCO2)c2nc3c(C)c(Cl)ccc3s2)c1. The lowest BCUT2D eigenvalue weighted by Gasteiger charge is -2.23. The number of amides is 1. The largest absolute Gasteiger partial charge is 0.376 e. The van der Waals surface area contributed by atoms with E-state index in [0.29, 0.717) is 22.3 Å². The van der Waals surface area contributed by atoms with E-state index in [0.717, 1.165) is 40.8 Å². The van der Waals surface area contributed by atoms with Gasteiger partial charge in [0.1, 0.15) is 0 Å². The van der Waals surface area contributed by atoms with Crippen molar-refractivity contribution in [3.05, 3.63) is 58.1 Å². The Labute approximate surface area is 167 Å². The lowest BCUT2D eigenvalue weighted by Crippen LogP contribution is -2.37. The first kappa shape index (κ1) is 18.4. The summed E-state index contributed by atoms with van der Waals surface area (Å²) < 4.78 is 6.82. The Bertz CT molecular complexity index is 995. The van der Waals surface area contributed by atoms with E-state index in [1.54, 1.807) is 4.90 Å². The van der Waals surface area contributed by atoms with E-state index in [2.05, 4.69) is 0 Å². The number of halogens is 1. The Morgan fingerprint density at radius 3 is 2.93 bits per heavy atom. The maximum absolute atomic E-state index is 13.3. The molecule has 0 bridgehead atoms. The van der Waals surface area contributed by atoms with Gasteiger partial charge in [-0.05, 0) is 56.5 Å². The maximum Gasteiger partial charge on any atom is 0.260 e. The third-order valence-electron chi connectivity index (χ3n) is 4.89. The van der Waals surface area contributed by atoms with Gasteiger partial charge in [0.25, 0.3) is 5.91 Å². The minimum Gasteiger partial charge on any atom is -0.376 e. The normalized spacial score (nSPS) is 16.8. The number of hydrogen-bond acceptors (Lipinski definition) is 4. The van der Waals surface area contributed by atoms with Crippen molar-refractivity contribution < 1.29 is 9.53 Å². The molecule has 1 unspecified atom stereocenters. The zero-order valence-corrected chi connectivity index (χ0v) is 16.9. The molecule has 1 aromatic heterocycles. The van der Waals surface area contributed by atoms with Gasteiger partial charge < -0.3 is 4.74 Å². The molecule has 1 atom stereocenters. The topological polar surface area (TPSA) is 42.4 Å². The van der Waals surface area contributed by atoms with Crippen LogP contribution in [-0.4, -0.2) is 30.1 Å². The molecule has 2 aromatic carbocycles. The Morgan fingerprint density at radius 2 is 2.19 bits per heavy atom. The average Bonchev–Trinajstić information content (AvgIpc) is 3.32. The smallest absolute Gasteiger partial charge is 0.260 e. The van der Waals surface area contributed by atoms with Gasteiger partial charge >= 0.3 is 0 Å². The number of aromatic nitrogens is 1. The number of carbonyl (C=O) groups is 1. The molecule has 4 nitrogen and oxygen atoms in total. The van der Waals surface area contributed by atoms with Crippen molar-refractivity contribution in [2.45, 2.75) is 32.8 Å². The molecule has 0 saturated carbocycles. The van der Waals surface area contributed by atoms with Crippen LogP contribution in [0.1, 0.15) is 34.3 Å². The fourth-order valence-electron chi connectivity index (χ4n) is 3.38. The van der Waals surface area contributed by atoms with E-state index < -0.39 is 0 Å². The summed E-state index contributed by atoms with van der Waals surface area (Å²) in [4.78, 5) is 19.9. The van der Waals surface area contributed by atoms with Gasteiger partial charge in [0.2, 0.25) is 0 Å². The number of ether oxygens (including phenoxy) is 1. The monoisotopic (exact) mass is 400 g/mol. The number of carbonyl (C=O) groups excluding carboxylic acids is 1. The highest BCUT2D eigenvalue weighted by Crippen LogP contribution is 2.34. The summed E-state index contributed by atoms with van der Waals surface area (Å²) >= 11 is 7.77. The number of benzene rings is 2. The summed E-state index contributed by atoms with van der Waals surface area (Å²) in [6.45, 7) is 5.22. The van der Waals surface area contributed by atoms with Crippen molar-refractivity contribution in [1.29, 1.82) is 0 Å². The van der Waals surface area contributed by atoms with E-state index >= 15 is 0 Å². The van der Waals surface area contributed by atoms with E-state index in [1.165, 1.54) is 11.3 Å². The van der Waals surface area contributed by atoms with Crippen molar-refractivity contribution in [1.82, 2.24) is 4.98 Å². The maximum atomic E-state index is 13.3. The average molecular weight is 401 g/mol. The van der Waals surface area contributed by atoms with Crippen LogP contribution in [0, 0.1) is 13.8 Å². The van der Waals surface area contributed by atoms with E-state index in [-0.39, 0.29) is 12.0 Å². The fourth-order valence-corrected chi connectivity index (χ4v) is 4.56. The number of aryl methyl sites for hydroxylation is 2. The molecule has 0 aliphatic carbocycles. The molecule has 3 aromatic rings. The first-order chi connectivity index (χ1) is 13.0. The van der Waals surface area contributed by atoms with Crippen LogP contribution in [0.3, 0.4) is 0 Å². The second-order valence-electron chi connectivity index (χ2n) is 6.94. The molecule has 27 heavy (non-hydrogen) atoms. The summed E-state index contributed by atoms with van der Waals surface area (Å²) in [6.07, 6.45) is 2.05. The van der Waals surface area contributed by atoms with Crippen LogP contribution < -0.4 is 4.90 Å². The lowest BCUT2D eigenvalue weighted by atomic mass is 10.1. The van der Waals surface area contributed by atoms with Gasteiger partial charge in [-0.25, -0.2) is 4.98 Å². The summed E-state index contributed by atoms with van der Waals surface area (Å²) in [5, 5.41) is 1.38. The van der Waals surface area contributed by atoms with Crippen molar-refractivity contribution in [2.75, 3.05) is 18.1 Å². The van der Waals surface area contributed by atoms with Crippen LogP contribution in [0.4, 0.5) is 5.13 Å². The molecule has 6 heteroatoms. The molecule has 1 aliphatic rings. The number of rotatable bonds is 4. The highest BCUT2D eigenvalue weighted by molar-refractivity contribution is 7.22. The predicted octanol–water partition coefficient (Wildman–Crippen LogP) is 5.39. The third kappa shape index (κ3) is 3.72. The molecular formula is C21H21ClN2O2S. The number of anilines is 1. The van der Waals surface area contributed by atoms with E-state index in [4.69, 9.17) is 21.3 Å². The first-order valence-electron chi connectivity index (χ1n) is 9.08. The molecule has 2 heterocycles. The van der Waals surface area contributed by atoms with Gasteiger partial charge in [-0.3, -0.25) is 9.69 Å². The number of nitrogens with zero attached hydrogens (tertiary/aromatic N) is 2. The molecule has 1 fully saturated rings. The van der Waals surface area contributed by atoms with E-state index in [9.17, 15) is 4.79 Å². The highest BCUT2D eigenvalue weighted by atomic mass is 35.5. The summed E-state index contributed by atoms with van der Waals surface area (Å²) in [6, 6.07) is 11.5. The summed E-state index contributed by atoms with van der Waals surface area (Å²) in [7, 11) is 0. The quantitative estimate of drug-likeness (QED) is 0.589. The van der Waals surface area contributed by atoms with Crippen molar-refractivity contribution in [3.8, 4) is 0 Å². The second-order valence-corrected chi connectivity index (χ2v) is 8.35. The second kappa shape index (κ2) is 7.58. The van der Waals surface area contributed by atoms with Gasteiger partial charge in [0.05, 0.1) is 22.9 Å². The summed E-state index contributed by atoms with van der Waals surface area (Å²) in [5.41, 5.74) is 3.53. The standard InChI is InChI=1S/C21H21ClN2O2S/c1-13-5-3-6-15(11-13)20(25)24(12-16-7-4-10-26-16)21-23-19-14(2)17(22)8-9-18(19)27-21/h3,5-6,8-9,11,16H,4,7,10,12H2,1-2H3. The zero-order chi connectivity index (χ0) is 19.0. The molecule has 0 spiro atoms. The highest BCUT2D eigenvalue weighted by Gasteiger charge is 2.27. The van der Waals surface area contributed by atoms with Gasteiger partial charge in [0.15, 0.2) is 5.13 Å². The molecule has 1 saturated heterocycles. The van der Waals surface area contributed by atoms with Gasteiger partial charge in [0, 0.05) is 17.2 Å². The number of thiazole rings is 1. The fraction of sp³-hybridized carbons (Fsp3) is 0.333. The number of hydrogen-bond donors (Lipinski definition) is 0. The van der Waals surface area contributed by atoms with Crippen molar-refractivity contribution >= 4 is 44.2 Å². The van der Waals surface area contributed by atoms with Crippen LogP contribution >= 0.6 is 22.9 Å². The van der Waals surface area contributed by atoms with Gasteiger partial charge in [-0.1, -0.05) is 40.6 Å². The molecular weight excluding hydrogens is 380 g/mol. The van der Waals surface area contributed by atoms with Crippen molar-refractivity contribution in [2.24, 2.45) is 0 Å². The Morgan fingerprint density at radius 1 is 1.33 bits per heavy atom. The van der Waals surface area contributed by atoms with Crippen LogP contribution in [0.15, 0.2) is 36.4 Å². The predicted molar refractivity (Wildman–Crippen MR) is 111 cm³/mol. The van der Waals surface area contributed by atoms with E-state index in [1.807, 2.05) is 50.2 Å². The molecule has 140 valence electrons. The minimum absolute atomic E-state index is 0.0444. The van der Waals surface area contributed by atoms with Crippen LogP contribution in [0.25, 0.3) is 10.2 Å². The van der Waals surface area contributed by atoms with Crippen molar-refractivity contribution in [3.63, 3.8) is 0 Å².